The van der Waals surface area contributed by atoms with E-state index < -0.39 is 0 Å². The van der Waals surface area contributed by atoms with Crippen LogP contribution in [-0.2, 0) is 4.79 Å². The average molecular weight is 185 g/mol. The summed E-state index contributed by atoms with van der Waals surface area (Å²) in [6.45, 7) is 4.69. The van der Waals surface area contributed by atoms with Crippen LogP contribution in [0.2, 0.25) is 0 Å². The van der Waals surface area contributed by atoms with Gasteiger partial charge in [0.15, 0.2) is 0 Å². The van der Waals surface area contributed by atoms with E-state index in [0.717, 1.165) is 25.8 Å². The Morgan fingerprint density at radius 3 is 2.46 bits per heavy atom. The van der Waals surface area contributed by atoms with E-state index in [4.69, 9.17) is 5.41 Å². The SMILES string of the molecule is CCN(C)CCN(C)C(=O)CC=N. The lowest BCUT2D eigenvalue weighted by Crippen LogP contribution is -2.34. The molecule has 0 aliphatic carbocycles. The molecule has 0 aromatic heterocycles. The highest BCUT2D eigenvalue weighted by Gasteiger charge is 2.06. The summed E-state index contributed by atoms with van der Waals surface area (Å²) < 4.78 is 0. The molecule has 0 aromatic carbocycles. The fourth-order valence-electron chi connectivity index (χ4n) is 0.847. The van der Waals surface area contributed by atoms with Crippen molar-refractivity contribution in [2.75, 3.05) is 33.7 Å². The normalized spacial score (nSPS) is 10.2. The maximum atomic E-state index is 11.2. The van der Waals surface area contributed by atoms with E-state index >= 15 is 0 Å². The molecule has 0 aliphatic heterocycles. The van der Waals surface area contributed by atoms with Gasteiger partial charge in [-0.05, 0) is 13.6 Å². The average Bonchev–Trinajstić information content (AvgIpc) is 2.13. The molecule has 1 N–H and O–H groups in total. The van der Waals surface area contributed by atoms with Gasteiger partial charge in [-0.3, -0.25) is 4.79 Å². The second kappa shape index (κ2) is 6.60. The number of likely N-dealkylation sites (N-methyl/N-ethyl adjacent to an activating group) is 2. The van der Waals surface area contributed by atoms with Crippen molar-refractivity contribution in [3.8, 4) is 0 Å². The van der Waals surface area contributed by atoms with Crippen LogP contribution in [0.25, 0.3) is 0 Å². The van der Waals surface area contributed by atoms with Gasteiger partial charge >= 0.3 is 0 Å². The van der Waals surface area contributed by atoms with Gasteiger partial charge in [-0.1, -0.05) is 6.92 Å². The summed E-state index contributed by atoms with van der Waals surface area (Å²) in [6.07, 6.45) is 1.36. The molecule has 0 radical (unpaired) electrons. The highest BCUT2D eigenvalue weighted by Crippen LogP contribution is 1.89. The van der Waals surface area contributed by atoms with Crippen LogP contribution in [0.1, 0.15) is 13.3 Å². The van der Waals surface area contributed by atoms with Crippen LogP contribution in [0.4, 0.5) is 0 Å². The lowest BCUT2D eigenvalue weighted by Gasteiger charge is -2.20. The van der Waals surface area contributed by atoms with Gasteiger partial charge in [-0.15, -0.1) is 0 Å². The second-order valence-electron chi connectivity index (χ2n) is 3.12. The Morgan fingerprint density at radius 2 is 2.00 bits per heavy atom. The van der Waals surface area contributed by atoms with Crippen LogP contribution in [0.15, 0.2) is 0 Å². The molecule has 0 aromatic rings. The zero-order valence-electron chi connectivity index (χ0n) is 8.71. The highest BCUT2D eigenvalue weighted by molar-refractivity contribution is 5.88. The quantitative estimate of drug-likeness (QED) is 0.610. The second-order valence-corrected chi connectivity index (χ2v) is 3.12. The van der Waals surface area contributed by atoms with Crippen molar-refractivity contribution in [2.45, 2.75) is 13.3 Å². The number of hydrogen-bond acceptors (Lipinski definition) is 3. The van der Waals surface area contributed by atoms with Crippen molar-refractivity contribution < 1.29 is 4.79 Å². The number of carbonyl (C=O) groups is 1. The summed E-state index contributed by atoms with van der Waals surface area (Å²) in [5.74, 6) is 0.0134. The first-order valence-electron chi connectivity index (χ1n) is 4.53. The predicted molar refractivity (Wildman–Crippen MR) is 54.2 cm³/mol. The van der Waals surface area contributed by atoms with E-state index in [1.165, 1.54) is 0 Å². The van der Waals surface area contributed by atoms with Gasteiger partial charge in [0.1, 0.15) is 0 Å². The lowest BCUT2D eigenvalue weighted by atomic mass is 10.4. The number of nitrogens with zero attached hydrogens (tertiary/aromatic N) is 2. The molecule has 4 nitrogen and oxygen atoms in total. The van der Waals surface area contributed by atoms with Crippen LogP contribution in [0.3, 0.4) is 0 Å². The van der Waals surface area contributed by atoms with Crippen molar-refractivity contribution in [2.24, 2.45) is 0 Å². The standard InChI is InChI=1S/C9H19N3O/c1-4-11(2)7-8-12(3)9(13)5-6-10/h6,10H,4-5,7-8H2,1-3H3. The van der Waals surface area contributed by atoms with Gasteiger partial charge in [0.2, 0.25) is 5.91 Å². The Hall–Kier alpha value is -0.900. The number of amides is 1. The van der Waals surface area contributed by atoms with Crippen LogP contribution >= 0.6 is 0 Å². The summed E-state index contributed by atoms with van der Waals surface area (Å²) in [4.78, 5) is 15.0. The third-order valence-electron chi connectivity index (χ3n) is 2.06. The van der Waals surface area contributed by atoms with E-state index in [2.05, 4.69) is 11.8 Å². The maximum absolute atomic E-state index is 11.2. The molecule has 0 saturated heterocycles. The molecule has 0 aliphatic rings. The van der Waals surface area contributed by atoms with Crippen LogP contribution in [-0.4, -0.2) is 55.7 Å². The number of rotatable bonds is 6. The Kier molecular flexibility index (Phi) is 6.14. The molecule has 76 valence electrons. The lowest BCUT2D eigenvalue weighted by molar-refractivity contribution is -0.128. The fourth-order valence-corrected chi connectivity index (χ4v) is 0.847. The Morgan fingerprint density at radius 1 is 1.38 bits per heavy atom. The monoisotopic (exact) mass is 185 g/mol. The molecule has 0 heterocycles. The minimum atomic E-state index is 0.0134. The fraction of sp³-hybridized carbons (Fsp3) is 0.778. The first-order valence-corrected chi connectivity index (χ1v) is 4.53. The van der Waals surface area contributed by atoms with Gasteiger partial charge in [0, 0.05) is 26.4 Å². The number of carbonyl (C=O) groups excluding carboxylic acids is 1. The minimum absolute atomic E-state index is 0.0134. The molecular weight excluding hydrogens is 166 g/mol. The van der Waals surface area contributed by atoms with Crippen molar-refractivity contribution >= 4 is 12.1 Å². The van der Waals surface area contributed by atoms with Gasteiger partial charge in [-0.2, -0.15) is 0 Å². The van der Waals surface area contributed by atoms with Crippen LogP contribution in [0.5, 0.6) is 0 Å². The Balaban J connectivity index is 3.66. The van der Waals surface area contributed by atoms with E-state index in [9.17, 15) is 4.79 Å². The summed E-state index contributed by atoms with van der Waals surface area (Å²) in [7, 11) is 3.80. The largest absolute Gasteiger partial charge is 0.344 e. The number of hydrogen-bond donors (Lipinski definition) is 1. The van der Waals surface area contributed by atoms with E-state index in [-0.39, 0.29) is 12.3 Å². The molecular formula is C9H19N3O. The van der Waals surface area contributed by atoms with Gasteiger partial charge in [-0.25, -0.2) is 0 Å². The Bertz CT molecular complexity index is 170. The molecule has 0 rings (SSSR count). The topological polar surface area (TPSA) is 47.4 Å². The smallest absolute Gasteiger partial charge is 0.227 e. The molecule has 0 saturated carbocycles. The summed E-state index contributed by atoms with van der Waals surface area (Å²) >= 11 is 0. The molecule has 0 fully saturated rings. The summed E-state index contributed by atoms with van der Waals surface area (Å²) in [5.41, 5.74) is 0. The molecule has 0 unspecified atom stereocenters. The molecule has 13 heavy (non-hydrogen) atoms. The Labute approximate surface area is 80.0 Å². The first kappa shape index (κ1) is 12.1. The third-order valence-corrected chi connectivity index (χ3v) is 2.06. The van der Waals surface area contributed by atoms with E-state index in [1.54, 1.807) is 11.9 Å². The van der Waals surface area contributed by atoms with Crippen molar-refractivity contribution in [1.29, 1.82) is 5.41 Å². The van der Waals surface area contributed by atoms with Gasteiger partial charge < -0.3 is 15.2 Å². The molecule has 0 bridgehead atoms. The summed E-state index contributed by atoms with van der Waals surface area (Å²) in [5, 5.41) is 6.80. The molecule has 0 spiro atoms. The minimum Gasteiger partial charge on any atom is -0.344 e. The summed E-state index contributed by atoms with van der Waals surface area (Å²) in [6, 6.07) is 0. The first-order chi connectivity index (χ1) is 6.11. The highest BCUT2D eigenvalue weighted by atomic mass is 16.2. The van der Waals surface area contributed by atoms with Crippen molar-refractivity contribution in [1.82, 2.24) is 9.80 Å². The molecule has 0 atom stereocenters. The number of nitrogens with one attached hydrogen (secondary N) is 1. The van der Waals surface area contributed by atoms with Crippen molar-refractivity contribution in [3.05, 3.63) is 0 Å². The zero-order valence-corrected chi connectivity index (χ0v) is 8.71. The van der Waals surface area contributed by atoms with Crippen LogP contribution in [0, 0.1) is 5.41 Å². The molecule has 1 amide bonds. The van der Waals surface area contributed by atoms with E-state index in [0.29, 0.717) is 0 Å². The predicted octanol–water partition coefficient (Wildman–Crippen LogP) is 0.436. The third kappa shape index (κ3) is 5.36. The molecule has 4 heteroatoms. The van der Waals surface area contributed by atoms with Crippen molar-refractivity contribution in [3.63, 3.8) is 0 Å². The zero-order chi connectivity index (χ0) is 10.3. The van der Waals surface area contributed by atoms with Gasteiger partial charge in [0.25, 0.3) is 0 Å². The van der Waals surface area contributed by atoms with E-state index in [1.807, 2.05) is 7.05 Å². The van der Waals surface area contributed by atoms with Gasteiger partial charge in [0.05, 0.1) is 6.42 Å². The van der Waals surface area contributed by atoms with Crippen LogP contribution < -0.4 is 0 Å². The maximum Gasteiger partial charge on any atom is 0.227 e.